The molecule has 0 aliphatic rings. The van der Waals surface area contributed by atoms with Crippen LogP contribution in [0.2, 0.25) is 0 Å². The van der Waals surface area contributed by atoms with Crippen LogP contribution in [0.4, 0.5) is 10.3 Å². The van der Waals surface area contributed by atoms with Crippen LogP contribution in [0.15, 0.2) is 62.9 Å². The van der Waals surface area contributed by atoms with Crippen LogP contribution in [-0.2, 0) is 9.84 Å². The van der Waals surface area contributed by atoms with E-state index in [0.717, 1.165) is 17.7 Å². The standard InChI is InChI=1S/C17H15FN2O3S/c1-11-4-3-5-12(10-11)15-20-17(16(19-2)23-15)24(21,22)14-8-6-13(18)7-9-14/h3-10,19H,1-2H3. The number of hydrogen-bond acceptors (Lipinski definition) is 5. The summed E-state index contributed by atoms with van der Waals surface area (Å²) in [4.78, 5) is 4.10. The van der Waals surface area contributed by atoms with E-state index in [4.69, 9.17) is 4.42 Å². The van der Waals surface area contributed by atoms with Gasteiger partial charge in [-0.1, -0.05) is 17.7 Å². The minimum atomic E-state index is -3.93. The van der Waals surface area contributed by atoms with Gasteiger partial charge in [-0.15, -0.1) is 0 Å². The zero-order valence-corrected chi connectivity index (χ0v) is 13.9. The second kappa shape index (κ2) is 6.09. The van der Waals surface area contributed by atoms with Gasteiger partial charge < -0.3 is 9.73 Å². The summed E-state index contributed by atoms with van der Waals surface area (Å²) in [5.74, 6) is -0.275. The predicted octanol–water partition coefficient (Wildman–Crippen LogP) is 3.66. The smallest absolute Gasteiger partial charge is 0.233 e. The van der Waals surface area contributed by atoms with Crippen LogP contribution in [0, 0.1) is 12.7 Å². The van der Waals surface area contributed by atoms with E-state index < -0.39 is 15.7 Å². The lowest BCUT2D eigenvalue weighted by molar-refractivity contribution is 0.580. The number of nitrogens with one attached hydrogen (secondary N) is 1. The Morgan fingerprint density at radius 3 is 2.46 bits per heavy atom. The van der Waals surface area contributed by atoms with Crippen LogP contribution in [-0.4, -0.2) is 20.4 Å². The Kier molecular flexibility index (Phi) is 4.11. The Labute approximate surface area is 139 Å². The van der Waals surface area contributed by atoms with E-state index in [9.17, 15) is 12.8 Å². The third-order valence-electron chi connectivity index (χ3n) is 3.47. The van der Waals surface area contributed by atoms with Crippen molar-refractivity contribution < 1.29 is 17.2 Å². The maximum atomic E-state index is 13.0. The number of hydrogen-bond donors (Lipinski definition) is 1. The largest absolute Gasteiger partial charge is 0.419 e. The molecule has 5 nitrogen and oxygen atoms in total. The van der Waals surface area contributed by atoms with Gasteiger partial charge in [-0.2, -0.15) is 4.98 Å². The lowest BCUT2D eigenvalue weighted by Crippen LogP contribution is -2.05. The van der Waals surface area contributed by atoms with Gasteiger partial charge in [0.2, 0.25) is 26.6 Å². The molecule has 0 aliphatic heterocycles. The van der Waals surface area contributed by atoms with Crippen molar-refractivity contribution >= 4 is 15.7 Å². The van der Waals surface area contributed by atoms with Gasteiger partial charge >= 0.3 is 0 Å². The average Bonchev–Trinajstić information content (AvgIpc) is 3.00. The van der Waals surface area contributed by atoms with Gasteiger partial charge in [-0.3, -0.25) is 0 Å². The summed E-state index contributed by atoms with van der Waals surface area (Å²) in [5, 5.41) is 2.48. The summed E-state index contributed by atoms with van der Waals surface area (Å²) in [6, 6.07) is 12.0. The topological polar surface area (TPSA) is 72.2 Å². The molecule has 1 N–H and O–H groups in total. The highest BCUT2D eigenvalue weighted by Gasteiger charge is 2.28. The predicted molar refractivity (Wildman–Crippen MR) is 88.1 cm³/mol. The van der Waals surface area contributed by atoms with Crippen LogP contribution in [0.25, 0.3) is 11.5 Å². The summed E-state index contributed by atoms with van der Waals surface area (Å²) in [5.41, 5.74) is 1.67. The minimum absolute atomic E-state index is 0.0378. The van der Waals surface area contributed by atoms with Crippen LogP contribution in [0.1, 0.15) is 5.56 Å². The highest BCUT2D eigenvalue weighted by atomic mass is 32.2. The van der Waals surface area contributed by atoms with E-state index in [-0.39, 0.29) is 21.7 Å². The number of aryl methyl sites for hydroxylation is 1. The highest BCUT2D eigenvalue weighted by molar-refractivity contribution is 7.91. The molecule has 0 unspecified atom stereocenters. The van der Waals surface area contributed by atoms with Gasteiger partial charge in [-0.05, 0) is 43.3 Å². The van der Waals surface area contributed by atoms with Crippen LogP contribution in [0.3, 0.4) is 0 Å². The fourth-order valence-electron chi connectivity index (χ4n) is 2.27. The van der Waals surface area contributed by atoms with Crippen LogP contribution >= 0.6 is 0 Å². The van der Waals surface area contributed by atoms with E-state index >= 15 is 0 Å². The van der Waals surface area contributed by atoms with Crippen molar-refractivity contribution in [2.45, 2.75) is 16.8 Å². The first-order valence-corrected chi connectivity index (χ1v) is 8.66. The van der Waals surface area contributed by atoms with Gasteiger partial charge in [0.1, 0.15) is 5.82 Å². The number of nitrogens with zero attached hydrogens (tertiary/aromatic N) is 1. The van der Waals surface area contributed by atoms with Crippen LogP contribution < -0.4 is 5.32 Å². The van der Waals surface area contributed by atoms with Crippen molar-refractivity contribution in [2.75, 3.05) is 12.4 Å². The summed E-state index contributed by atoms with van der Waals surface area (Å²) in [6.07, 6.45) is 0. The number of rotatable bonds is 4. The fourth-order valence-corrected chi connectivity index (χ4v) is 3.58. The van der Waals surface area contributed by atoms with Crippen molar-refractivity contribution in [2.24, 2.45) is 0 Å². The summed E-state index contributed by atoms with van der Waals surface area (Å²) in [6.45, 7) is 1.92. The van der Waals surface area contributed by atoms with Crippen molar-refractivity contribution in [3.63, 3.8) is 0 Å². The molecule has 3 aromatic rings. The Balaban J connectivity index is 2.12. The normalized spacial score (nSPS) is 11.5. The average molecular weight is 346 g/mol. The Morgan fingerprint density at radius 2 is 1.83 bits per heavy atom. The van der Waals surface area contributed by atoms with E-state index in [0.29, 0.717) is 5.56 Å². The molecule has 0 aliphatic carbocycles. The van der Waals surface area contributed by atoms with Gasteiger partial charge in [0.05, 0.1) is 4.90 Å². The number of aromatic nitrogens is 1. The SMILES string of the molecule is CNc1oc(-c2cccc(C)c2)nc1S(=O)(=O)c1ccc(F)cc1. The Bertz CT molecular complexity index is 979. The second-order valence-corrected chi connectivity index (χ2v) is 7.10. The molecule has 3 rings (SSSR count). The van der Waals surface area contributed by atoms with Gasteiger partial charge in [0, 0.05) is 12.6 Å². The Hall–Kier alpha value is -2.67. The highest BCUT2D eigenvalue weighted by Crippen LogP contribution is 2.32. The molecule has 124 valence electrons. The second-order valence-electron chi connectivity index (χ2n) is 5.23. The van der Waals surface area contributed by atoms with Crippen molar-refractivity contribution in [1.82, 2.24) is 4.98 Å². The zero-order chi connectivity index (χ0) is 17.3. The Morgan fingerprint density at radius 1 is 1.12 bits per heavy atom. The first-order chi connectivity index (χ1) is 11.4. The van der Waals surface area contributed by atoms with E-state index in [2.05, 4.69) is 10.3 Å². The molecule has 7 heteroatoms. The first-order valence-electron chi connectivity index (χ1n) is 7.18. The molecule has 0 radical (unpaired) electrons. The molecule has 24 heavy (non-hydrogen) atoms. The molecule has 0 saturated carbocycles. The van der Waals surface area contributed by atoms with E-state index in [1.165, 1.54) is 12.1 Å². The van der Waals surface area contributed by atoms with Gasteiger partial charge in [0.25, 0.3) is 0 Å². The number of halogens is 1. The molecule has 0 spiro atoms. The minimum Gasteiger partial charge on any atom is -0.419 e. The zero-order valence-electron chi connectivity index (χ0n) is 13.1. The lowest BCUT2D eigenvalue weighted by atomic mass is 10.1. The summed E-state index contributed by atoms with van der Waals surface area (Å²) >= 11 is 0. The molecule has 1 heterocycles. The molecule has 0 bridgehead atoms. The first kappa shape index (κ1) is 16.2. The van der Waals surface area contributed by atoms with Crippen molar-refractivity contribution in [3.8, 4) is 11.5 Å². The van der Waals surface area contributed by atoms with Crippen molar-refractivity contribution in [3.05, 3.63) is 59.9 Å². The fraction of sp³-hybridized carbons (Fsp3) is 0.118. The number of benzene rings is 2. The van der Waals surface area contributed by atoms with Gasteiger partial charge in [-0.25, -0.2) is 12.8 Å². The molecule has 0 saturated heterocycles. The van der Waals surface area contributed by atoms with E-state index in [1.54, 1.807) is 13.1 Å². The molecule has 0 atom stereocenters. The monoisotopic (exact) mass is 346 g/mol. The number of sulfone groups is 1. The molecular weight excluding hydrogens is 331 g/mol. The van der Waals surface area contributed by atoms with E-state index in [1.807, 2.05) is 25.1 Å². The maximum absolute atomic E-state index is 13.0. The molecule has 0 fully saturated rings. The molecule has 0 amide bonds. The third kappa shape index (κ3) is 2.90. The lowest BCUT2D eigenvalue weighted by Gasteiger charge is -2.02. The van der Waals surface area contributed by atoms with Crippen LogP contribution in [0.5, 0.6) is 0 Å². The molecular formula is C17H15FN2O3S. The molecule has 1 aromatic heterocycles. The van der Waals surface area contributed by atoms with Gasteiger partial charge in [0.15, 0.2) is 0 Å². The third-order valence-corrected chi connectivity index (χ3v) is 5.15. The number of oxazole rings is 1. The number of anilines is 1. The quantitative estimate of drug-likeness (QED) is 0.730. The summed E-state index contributed by atoms with van der Waals surface area (Å²) in [7, 11) is -2.38. The van der Waals surface area contributed by atoms with Crippen molar-refractivity contribution in [1.29, 1.82) is 0 Å². The maximum Gasteiger partial charge on any atom is 0.233 e. The molecule has 2 aromatic carbocycles. The summed E-state index contributed by atoms with van der Waals surface area (Å²) < 4.78 is 44.1.